The maximum Gasteiger partial charge on any atom is 0.419 e. The van der Waals surface area contributed by atoms with Crippen LogP contribution in [0.25, 0.3) is 0 Å². The molecule has 1 aromatic heterocycles. The van der Waals surface area contributed by atoms with Crippen molar-refractivity contribution in [2.45, 2.75) is 11.1 Å². The number of aromatic nitrogens is 1. The lowest BCUT2D eigenvalue weighted by Crippen LogP contribution is -2.30. The molecule has 0 unspecified atom stereocenters. The number of alkyl halides is 3. The molecule has 0 spiro atoms. The van der Waals surface area contributed by atoms with E-state index in [9.17, 15) is 21.6 Å². The molecule has 0 aliphatic rings. The number of nitrogens with zero attached hydrogens (tertiary/aromatic N) is 1. The Bertz CT molecular complexity index is 925. The van der Waals surface area contributed by atoms with Crippen LogP contribution in [0.2, 0.25) is 5.02 Å². The number of benzene rings is 1. The standard InChI is InChI=1S/C15H12ClF3N4O2S/c16-13-7-11(15(17,18)19)9-22-14(13)21-5-6-23-26(24,25)12-3-1-10(8-20)2-4-12/h1-4,7,9,23H,5-6H2,(H,21,22)/p+1. The normalized spacial score (nSPS) is 11.8. The van der Waals surface area contributed by atoms with Gasteiger partial charge in [-0.05, 0) is 30.3 Å². The summed E-state index contributed by atoms with van der Waals surface area (Å²) < 4.78 is 64.2. The number of rotatable bonds is 6. The number of H-pyrrole nitrogens is 1. The second-order valence-electron chi connectivity index (χ2n) is 5.07. The summed E-state index contributed by atoms with van der Waals surface area (Å²) >= 11 is 5.77. The molecular formula is C15H13ClF3N4O2S+. The predicted octanol–water partition coefficient (Wildman–Crippen LogP) is 2.43. The Balaban J connectivity index is 1.93. The van der Waals surface area contributed by atoms with Crippen LogP contribution in [0, 0.1) is 11.3 Å². The molecule has 0 atom stereocenters. The fourth-order valence-electron chi connectivity index (χ4n) is 1.93. The molecule has 11 heteroatoms. The van der Waals surface area contributed by atoms with Gasteiger partial charge in [-0.1, -0.05) is 11.6 Å². The first-order valence-electron chi connectivity index (χ1n) is 7.15. The molecule has 138 valence electrons. The summed E-state index contributed by atoms with van der Waals surface area (Å²) in [6.07, 6.45) is -3.76. The van der Waals surface area contributed by atoms with Crippen LogP contribution >= 0.6 is 11.6 Å². The summed E-state index contributed by atoms with van der Waals surface area (Å²) in [4.78, 5) is 2.38. The average molecular weight is 406 g/mol. The maximum atomic E-state index is 12.6. The molecule has 0 amide bonds. The number of sulfonamides is 1. The van der Waals surface area contributed by atoms with Crippen LogP contribution in [-0.2, 0) is 16.2 Å². The Kier molecular flexibility index (Phi) is 6.07. The van der Waals surface area contributed by atoms with Gasteiger partial charge < -0.3 is 0 Å². The van der Waals surface area contributed by atoms with Gasteiger partial charge in [-0.2, -0.15) is 18.4 Å². The quantitative estimate of drug-likeness (QED) is 0.721. The van der Waals surface area contributed by atoms with E-state index in [1.165, 1.54) is 24.3 Å². The number of hydrogen-bond donors (Lipinski definition) is 2. The van der Waals surface area contributed by atoms with Gasteiger partial charge in [0, 0.05) is 6.54 Å². The van der Waals surface area contributed by atoms with Crippen molar-refractivity contribution in [1.29, 1.82) is 5.26 Å². The van der Waals surface area contributed by atoms with Gasteiger partial charge in [-0.25, -0.2) is 18.1 Å². The molecule has 0 fully saturated rings. The van der Waals surface area contributed by atoms with Crippen molar-refractivity contribution >= 4 is 27.4 Å². The molecule has 2 aromatic rings. The monoisotopic (exact) mass is 405 g/mol. The van der Waals surface area contributed by atoms with Gasteiger partial charge in [0.2, 0.25) is 10.0 Å². The van der Waals surface area contributed by atoms with Gasteiger partial charge in [-0.15, -0.1) is 0 Å². The minimum absolute atomic E-state index is 0.00405. The Hall–Kier alpha value is -2.35. The van der Waals surface area contributed by atoms with E-state index in [4.69, 9.17) is 16.9 Å². The summed E-state index contributed by atoms with van der Waals surface area (Å²) in [6, 6.07) is 8.01. The number of anilines is 1. The SMILES string of the molecule is N#Cc1ccc(S(=O)(=O)NCCNc2[nH+]cc(C(F)(F)F)cc2Cl)cc1. The largest absolute Gasteiger partial charge is 0.419 e. The highest BCUT2D eigenvalue weighted by molar-refractivity contribution is 7.89. The number of aromatic amines is 1. The van der Waals surface area contributed by atoms with Crippen molar-refractivity contribution in [3.8, 4) is 6.07 Å². The maximum absolute atomic E-state index is 12.6. The Morgan fingerprint density at radius 1 is 1.19 bits per heavy atom. The highest BCUT2D eigenvalue weighted by Gasteiger charge is 2.32. The first-order chi connectivity index (χ1) is 12.1. The first-order valence-corrected chi connectivity index (χ1v) is 9.02. The van der Waals surface area contributed by atoms with Crippen molar-refractivity contribution in [3.63, 3.8) is 0 Å². The zero-order chi connectivity index (χ0) is 19.4. The molecule has 3 N–H and O–H groups in total. The lowest BCUT2D eigenvalue weighted by molar-refractivity contribution is -0.364. The van der Waals surface area contributed by atoms with E-state index >= 15 is 0 Å². The molecule has 0 radical (unpaired) electrons. The number of pyridine rings is 1. The van der Waals surface area contributed by atoms with Crippen LogP contribution in [0.5, 0.6) is 0 Å². The van der Waals surface area contributed by atoms with Crippen LogP contribution in [0.15, 0.2) is 41.4 Å². The molecule has 6 nitrogen and oxygen atoms in total. The zero-order valence-corrected chi connectivity index (χ0v) is 14.6. The summed E-state index contributed by atoms with van der Waals surface area (Å²) in [5.41, 5.74) is -0.590. The predicted molar refractivity (Wildman–Crippen MR) is 87.8 cm³/mol. The van der Waals surface area contributed by atoms with E-state index in [-0.39, 0.29) is 28.8 Å². The van der Waals surface area contributed by atoms with Gasteiger partial charge in [0.25, 0.3) is 5.82 Å². The third-order valence-electron chi connectivity index (χ3n) is 3.23. The third-order valence-corrected chi connectivity index (χ3v) is 5.01. The molecule has 1 heterocycles. The minimum atomic E-state index is -4.52. The average Bonchev–Trinajstić information content (AvgIpc) is 2.59. The third kappa shape index (κ3) is 5.08. The van der Waals surface area contributed by atoms with Crippen molar-refractivity contribution in [2.75, 3.05) is 18.4 Å². The van der Waals surface area contributed by atoms with E-state index in [2.05, 4.69) is 15.0 Å². The van der Waals surface area contributed by atoms with Crippen molar-refractivity contribution in [2.24, 2.45) is 0 Å². The van der Waals surface area contributed by atoms with E-state index in [0.29, 0.717) is 5.56 Å². The second kappa shape index (κ2) is 7.90. The summed E-state index contributed by atoms with van der Waals surface area (Å²) in [6.45, 7) is 0.0462. The van der Waals surface area contributed by atoms with Crippen LogP contribution in [0.3, 0.4) is 0 Å². The molecule has 0 aliphatic carbocycles. The van der Waals surface area contributed by atoms with Crippen LogP contribution in [0.1, 0.15) is 11.1 Å². The topological polar surface area (TPSA) is 96.1 Å². The summed E-state index contributed by atoms with van der Waals surface area (Å²) in [7, 11) is -3.77. The minimum Gasteiger partial charge on any atom is -0.272 e. The molecule has 26 heavy (non-hydrogen) atoms. The smallest absolute Gasteiger partial charge is 0.272 e. The first kappa shape index (κ1) is 20.0. The van der Waals surface area contributed by atoms with Crippen LogP contribution in [0.4, 0.5) is 19.0 Å². The summed E-state index contributed by atoms with van der Waals surface area (Å²) in [5.74, 6) is 0.136. The molecular weight excluding hydrogens is 393 g/mol. The Morgan fingerprint density at radius 3 is 2.38 bits per heavy atom. The van der Waals surface area contributed by atoms with Crippen molar-refractivity contribution in [1.82, 2.24) is 4.72 Å². The fraction of sp³-hybridized carbons (Fsp3) is 0.200. The van der Waals surface area contributed by atoms with Crippen molar-refractivity contribution < 1.29 is 26.6 Å². The molecule has 0 saturated heterocycles. The number of hydrogen-bond acceptors (Lipinski definition) is 4. The van der Waals surface area contributed by atoms with Gasteiger partial charge in [0.05, 0.1) is 28.6 Å². The molecule has 0 bridgehead atoms. The fourth-order valence-corrected chi connectivity index (χ4v) is 3.20. The van der Waals surface area contributed by atoms with Crippen LogP contribution in [-0.4, -0.2) is 21.5 Å². The number of nitrogens with one attached hydrogen (secondary N) is 3. The van der Waals surface area contributed by atoms with E-state index in [0.717, 1.165) is 12.3 Å². The van der Waals surface area contributed by atoms with Gasteiger partial charge in [0.15, 0.2) is 0 Å². The van der Waals surface area contributed by atoms with Crippen LogP contribution < -0.4 is 15.0 Å². The molecule has 0 aliphatic heterocycles. The van der Waals surface area contributed by atoms with E-state index < -0.39 is 21.8 Å². The molecule has 1 aromatic carbocycles. The highest BCUT2D eigenvalue weighted by atomic mass is 35.5. The lowest BCUT2D eigenvalue weighted by Gasteiger charge is -2.08. The molecule has 0 saturated carbocycles. The zero-order valence-electron chi connectivity index (χ0n) is 13.1. The van der Waals surface area contributed by atoms with Gasteiger partial charge in [0.1, 0.15) is 11.2 Å². The summed E-state index contributed by atoms with van der Waals surface area (Å²) in [5, 5.41) is 11.2. The lowest BCUT2D eigenvalue weighted by atomic mass is 10.2. The van der Waals surface area contributed by atoms with E-state index in [1.54, 1.807) is 0 Å². The van der Waals surface area contributed by atoms with Crippen molar-refractivity contribution in [3.05, 3.63) is 52.7 Å². The van der Waals surface area contributed by atoms with Gasteiger partial charge in [-0.3, -0.25) is 5.32 Å². The Labute approximate surface area is 152 Å². The second-order valence-corrected chi connectivity index (χ2v) is 7.24. The number of nitriles is 1. The highest BCUT2D eigenvalue weighted by Crippen LogP contribution is 2.30. The van der Waals surface area contributed by atoms with E-state index in [1.807, 2.05) is 6.07 Å². The van der Waals surface area contributed by atoms with Gasteiger partial charge >= 0.3 is 6.18 Å². The molecule has 2 rings (SSSR count). The Morgan fingerprint density at radius 2 is 1.85 bits per heavy atom. The number of halogens is 4.